The van der Waals surface area contributed by atoms with Crippen molar-refractivity contribution in [3.8, 4) is 0 Å². The van der Waals surface area contributed by atoms with Crippen LogP contribution in [0.25, 0.3) is 0 Å². The van der Waals surface area contributed by atoms with Crippen LogP contribution >= 0.6 is 11.8 Å². The van der Waals surface area contributed by atoms with Gasteiger partial charge in [-0.2, -0.15) is 0 Å². The fourth-order valence-electron chi connectivity index (χ4n) is 4.83. The lowest BCUT2D eigenvalue weighted by molar-refractivity contribution is -0.140. The molecule has 0 heterocycles. The number of nitrogens with zero attached hydrogens (tertiary/aromatic N) is 2. The first-order chi connectivity index (χ1) is 21.1. The van der Waals surface area contributed by atoms with Gasteiger partial charge in [0, 0.05) is 23.9 Å². The lowest BCUT2D eigenvalue weighted by Gasteiger charge is -2.34. The zero-order valence-corrected chi connectivity index (χ0v) is 27.1. The van der Waals surface area contributed by atoms with Crippen molar-refractivity contribution >= 4 is 39.3 Å². The molecule has 0 aliphatic carbocycles. The van der Waals surface area contributed by atoms with Gasteiger partial charge in [0.1, 0.15) is 12.6 Å². The van der Waals surface area contributed by atoms with Gasteiger partial charge >= 0.3 is 0 Å². The minimum absolute atomic E-state index is 0.0803. The number of nitrogens with one attached hydrogen (secondary N) is 1. The highest BCUT2D eigenvalue weighted by Crippen LogP contribution is 2.27. The number of benzene rings is 4. The van der Waals surface area contributed by atoms with Gasteiger partial charge in [0.15, 0.2) is 0 Å². The Morgan fingerprint density at radius 3 is 1.91 bits per heavy atom. The van der Waals surface area contributed by atoms with Crippen LogP contribution < -0.4 is 9.62 Å². The summed E-state index contributed by atoms with van der Waals surface area (Å²) >= 11 is 1.51. The van der Waals surface area contributed by atoms with E-state index in [4.69, 9.17) is 0 Å². The van der Waals surface area contributed by atoms with Crippen molar-refractivity contribution in [2.45, 2.75) is 55.6 Å². The quantitative estimate of drug-likeness (QED) is 0.181. The van der Waals surface area contributed by atoms with E-state index < -0.39 is 28.5 Å². The molecule has 4 rings (SSSR count). The highest BCUT2D eigenvalue weighted by atomic mass is 32.2. The Morgan fingerprint density at radius 2 is 1.36 bits per heavy atom. The van der Waals surface area contributed by atoms with E-state index in [1.807, 2.05) is 99.8 Å². The van der Waals surface area contributed by atoms with Gasteiger partial charge in [0.25, 0.3) is 10.0 Å². The van der Waals surface area contributed by atoms with E-state index in [-0.39, 0.29) is 29.8 Å². The summed E-state index contributed by atoms with van der Waals surface area (Å²) in [7, 11) is -4.14. The predicted octanol–water partition coefficient (Wildman–Crippen LogP) is 6.08. The maximum atomic E-state index is 14.4. The van der Waals surface area contributed by atoms with Crippen LogP contribution in [0.2, 0.25) is 0 Å². The Balaban J connectivity index is 1.78. The molecule has 4 aromatic carbocycles. The highest BCUT2D eigenvalue weighted by Gasteiger charge is 2.34. The zero-order chi connectivity index (χ0) is 31.7. The summed E-state index contributed by atoms with van der Waals surface area (Å²) in [5.74, 6) is -0.788. The minimum atomic E-state index is -4.14. The van der Waals surface area contributed by atoms with Gasteiger partial charge in [-0.1, -0.05) is 78.4 Å². The normalized spacial score (nSPS) is 12.0. The molecule has 0 aromatic heterocycles. The number of amides is 2. The fraction of sp³-hybridized carbons (Fsp3) is 0.257. The zero-order valence-electron chi connectivity index (χ0n) is 25.5. The van der Waals surface area contributed by atoms with E-state index in [1.165, 1.54) is 16.7 Å². The van der Waals surface area contributed by atoms with Crippen LogP contribution in [0.3, 0.4) is 0 Å². The summed E-state index contributed by atoms with van der Waals surface area (Å²) < 4.78 is 29.4. The van der Waals surface area contributed by atoms with Gasteiger partial charge in [-0.05, 0) is 74.6 Å². The number of aryl methyl sites for hydroxylation is 1. The molecule has 0 radical (unpaired) electrons. The van der Waals surface area contributed by atoms with E-state index >= 15 is 0 Å². The average molecular weight is 630 g/mol. The number of anilines is 1. The molecule has 0 saturated carbocycles. The molecule has 1 N–H and O–H groups in total. The van der Waals surface area contributed by atoms with Crippen molar-refractivity contribution < 1.29 is 18.0 Å². The van der Waals surface area contributed by atoms with Crippen molar-refractivity contribution in [3.05, 3.63) is 126 Å². The summed E-state index contributed by atoms with van der Waals surface area (Å²) in [6, 6.07) is 31.6. The summed E-state index contributed by atoms with van der Waals surface area (Å²) in [5.41, 5.74) is 3.04. The summed E-state index contributed by atoms with van der Waals surface area (Å²) in [6.07, 6.45) is 2.19. The molecule has 44 heavy (non-hydrogen) atoms. The Kier molecular flexibility index (Phi) is 11.3. The second kappa shape index (κ2) is 15.1. The third-order valence-corrected chi connectivity index (χ3v) is 9.68. The number of carbonyl (C=O) groups excluding carboxylic acids is 2. The van der Waals surface area contributed by atoms with Gasteiger partial charge in [0.05, 0.1) is 10.6 Å². The standard InChI is InChI=1S/C35H39N3O4S2/c1-26(2)36-35(40)33(23-28-11-7-5-8-12-28)37(24-29-13-9-6-10-14-29)34(39)25-38(30-17-15-27(3)16-18-30)44(41,42)32-21-19-31(43-4)20-22-32/h5-22,26,33H,23-25H2,1-4H3,(H,36,40). The Hall–Kier alpha value is -4.08. The first kappa shape index (κ1) is 32.8. The SMILES string of the molecule is CSc1ccc(S(=O)(=O)N(CC(=O)N(Cc2ccccc2)C(Cc2ccccc2)C(=O)NC(C)C)c2ccc(C)cc2)cc1. The molecule has 0 bridgehead atoms. The summed E-state index contributed by atoms with van der Waals surface area (Å²) in [5, 5.41) is 2.98. The predicted molar refractivity (Wildman–Crippen MR) is 178 cm³/mol. The number of sulfonamides is 1. The van der Waals surface area contributed by atoms with E-state index in [1.54, 1.807) is 36.4 Å². The van der Waals surface area contributed by atoms with Gasteiger partial charge in [0.2, 0.25) is 11.8 Å². The summed E-state index contributed by atoms with van der Waals surface area (Å²) in [4.78, 5) is 30.7. The Bertz CT molecular complexity index is 1630. The Morgan fingerprint density at radius 1 is 0.795 bits per heavy atom. The van der Waals surface area contributed by atoms with E-state index in [2.05, 4.69) is 5.32 Å². The monoisotopic (exact) mass is 629 g/mol. The lowest BCUT2D eigenvalue weighted by atomic mass is 10.0. The van der Waals surface area contributed by atoms with Crippen LogP contribution in [0, 0.1) is 6.92 Å². The number of hydrogen-bond donors (Lipinski definition) is 1. The molecular weight excluding hydrogens is 591 g/mol. The van der Waals surface area contributed by atoms with E-state index in [0.29, 0.717) is 5.69 Å². The maximum absolute atomic E-state index is 14.4. The van der Waals surface area contributed by atoms with Crippen molar-refractivity contribution in [2.24, 2.45) is 0 Å². The van der Waals surface area contributed by atoms with Crippen molar-refractivity contribution in [1.82, 2.24) is 10.2 Å². The largest absolute Gasteiger partial charge is 0.352 e. The van der Waals surface area contributed by atoms with Gasteiger partial charge in [-0.15, -0.1) is 11.8 Å². The third kappa shape index (κ3) is 8.51. The van der Waals surface area contributed by atoms with Crippen LogP contribution in [0.4, 0.5) is 5.69 Å². The van der Waals surface area contributed by atoms with Crippen LogP contribution in [-0.4, -0.2) is 50.0 Å². The molecule has 0 fully saturated rings. The second-order valence-electron chi connectivity index (χ2n) is 10.9. The highest BCUT2D eigenvalue weighted by molar-refractivity contribution is 7.98. The van der Waals surface area contributed by atoms with Gasteiger partial charge in [-0.25, -0.2) is 8.42 Å². The third-order valence-electron chi connectivity index (χ3n) is 7.15. The van der Waals surface area contributed by atoms with Crippen LogP contribution in [0.15, 0.2) is 119 Å². The molecule has 0 spiro atoms. The molecule has 4 aromatic rings. The van der Waals surface area contributed by atoms with Gasteiger partial charge < -0.3 is 10.2 Å². The molecule has 1 atom stereocenters. The minimum Gasteiger partial charge on any atom is -0.352 e. The van der Waals surface area contributed by atoms with Gasteiger partial charge in [-0.3, -0.25) is 13.9 Å². The topological polar surface area (TPSA) is 86.8 Å². The van der Waals surface area contributed by atoms with Crippen LogP contribution in [0.1, 0.15) is 30.5 Å². The maximum Gasteiger partial charge on any atom is 0.264 e. The molecule has 9 heteroatoms. The average Bonchev–Trinajstić information content (AvgIpc) is 3.02. The Labute approximate surface area is 265 Å². The molecule has 2 amide bonds. The first-order valence-corrected chi connectivity index (χ1v) is 17.2. The fourth-order valence-corrected chi connectivity index (χ4v) is 6.65. The smallest absolute Gasteiger partial charge is 0.264 e. The summed E-state index contributed by atoms with van der Waals surface area (Å²) in [6.45, 7) is 5.30. The molecule has 7 nitrogen and oxygen atoms in total. The van der Waals surface area contributed by atoms with Crippen molar-refractivity contribution in [1.29, 1.82) is 0 Å². The van der Waals surface area contributed by atoms with Crippen molar-refractivity contribution in [2.75, 3.05) is 17.1 Å². The first-order valence-electron chi connectivity index (χ1n) is 14.5. The van der Waals surface area contributed by atoms with Crippen LogP contribution in [0.5, 0.6) is 0 Å². The number of thioether (sulfide) groups is 1. The molecule has 0 aliphatic heterocycles. The molecule has 0 saturated heterocycles. The molecule has 0 aliphatic rings. The molecular formula is C35H39N3O4S2. The number of rotatable bonds is 13. The number of hydrogen-bond acceptors (Lipinski definition) is 5. The van der Waals surface area contributed by atoms with E-state index in [0.717, 1.165) is 25.9 Å². The van der Waals surface area contributed by atoms with Crippen LogP contribution in [-0.2, 0) is 32.6 Å². The number of carbonyl (C=O) groups is 2. The lowest BCUT2D eigenvalue weighted by Crippen LogP contribution is -2.54. The van der Waals surface area contributed by atoms with E-state index in [9.17, 15) is 18.0 Å². The second-order valence-corrected chi connectivity index (χ2v) is 13.6. The molecule has 1 unspecified atom stereocenters. The van der Waals surface area contributed by atoms with Crippen molar-refractivity contribution in [3.63, 3.8) is 0 Å². The molecule has 230 valence electrons.